The molecule has 0 atom stereocenters. The van der Waals surface area contributed by atoms with Crippen LogP contribution in [0, 0.1) is 0 Å². The Morgan fingerprint density at radius 3 is 2.26 bits per heavy atom. The fourth-order valence-corrected chi connectivity index (χ4v) is 1.57. The van der Waals surface area contributed by atoms with Crippen LogP contribution in [0.4, 0.5) is 0 Å². The number of carbonyl (C=O) groups excluding carboxylic acids is 2. The molecule has 0 radical (unpaired) electrons. The van der Waals surface area contributed by atoms with Crippen molar-refractivity contribution in [2.24, 2.45) is 0 Å². The summed E-state index contributed by atoms with van der Waals surface area (Å²) in [4.78, 5) is 30.4. The fraction of sp³-hybridized carbons (Fsp3) is 0.615. The highest BCUT2D eigenvalue weighted by Crippen LogP contribution is 2.03. The first kappa shape index (κ1) is 15.2. The lowest BCUT2D eigenvalue weighted by Crippen LogP contribution is -2.30. The third-order valence-corrected chi connectivity index (χ3v) is 2.71. The second kappa shape index (κ2) is 8.29. The zero-order valence-electron chi connectivity index (χ0n) is 11.6. The van der Waals surface area contributed by atoms with Crippen molar-refractivity contribution in [1.82, 2.24) is 20.6 Å². The molecular weight excluding hydrogens is 244 g/mol. The van der Waals surface area contributed by atoms with E-state index in [4.69, 9.17) is 0 Å². The van der Waals surface area contributed by atoms with Crippen LogP contribution in [0.5, 0.6) is 0 Å². The van der Waals surface area contributed by atoms with Gasteiger partial charge < -0.3 is 15.6 Å². The lowest BCUT2D eigenvalue weighted by molar-refractivity contribution is 0.0913. The number of imidazole rings is 1. The number of hydrogen-bond acceptors (Lipinski definition) is 3. The van der Waals surface area contributed by atoms with Crippen molar-refractivity contribution in [3.8, 4) is 0 Å². The molecule has 0 spiro atoms. The van der Waals surface area contributed by atoms with Gasteiger partial charge in [0.2, 0.25) is 0 Å². The Labute approximate surface area is 113 Å². The third-order valence-electron chi connectivity index (χ3n) is 2.71. The van der Waals surface area contributed by atoms with Gasteiger partial charge in [-0.05, 0) is 12.8 Å². The summed E-state index contributed by atoms with van der Waals surface area (Å²) in [6.07, 6.45) is 5.20. The molecule has 3 N–H and O–H groups in total. The molecule has 1 rings (SSSR count). The number of unbranched alkanes of at least 4 members (excludes halogenated alkanes) is 2. The van der Waals surface area contributed by atoms with Gasteiger partial charge in [-0.2, -0.15) is 0 Å². The van der Waals surface area contributed by atoms with Crippen LogP contribution in [0.15, 0.2) is 6.33 Å². The van der Waals surface area contributed by atoms with Gasteiger partial charge in [-0.1, -0.05) is 26.7 Å². The smallest absolute Gasteiger partial charge is 0.272 e. The summed E-state index contributed by atoms with van der Waals surface area (Å²) >= 11 is 0. The zero-order chi connectivity index (χ0) is 14.1. The molecule has 0 bridgehead atoms. The maximum Gasteiger partial charge on any atom is 0.272 e. The van der Waals surface area contributed by atoms with Crippen molar-refractivity contribution >= 4 is 11.8 Å². The Balaban J connectivity index is 2.58. The Hall–Kier alpha value is -1.85. The molecule has 0 aliphatic rings. The molecule has 0 saturated heterocycles. The standard InChI is InChI=1S/C13H22N4O2/c1-3-5-7-14-12(18)10-11(17-9-16-10)13(19)15-8-6-4-2/h9H,3-8H2,1-2H3,(H,14,18)(H,15,19)(H,16,17). The molecule has 1 heterocycles. The van der Waals surface area contributed by atoms with Crippen LogP contribution >= 0.6 is 0 Å². The lowest BCUT2D eigenvalue weighted by Gasteiger charge is -2.05. The van der Waals surface area contributed by atoms with Gasteiger partial charge in [-0.25, -0.2) is 4.98 Å². The van der Waals surface area contributed by atoms with E-state index in [9.17, 15) is 9.59 Å². The first-order valence-electron chi connectivity index (χ1n) is 6.80. The SMILES string of the molecule is CCCCNC(=O)c1nc[nH]c1C(=O)NCCCC. The summed E-state index contributed by atoms with van der Waals surface area (Å²) < 4.78 is 0. The van der Waals surface area contributed by atoms with Gasteiger partial charge in [0.05, 0.1) is 6.33 Å². The van der Waals surface area contributed by atoms with E-state index >= 15 is 0 Å². The van der Waals surface area contributed by atoms with E-state index in [0.29, 0.717) is 13.1 Å². The van der Waals surface area contributed by atoms with E-state index < -0.39 is 0 Å². The van der Waals surface area contributed by atoms with Crippen molar-refractivity contribution in [2.45, 2.75) is 39.5 Å². The van der Waals surface area contributed by atoms with Gasteiger partial charge >= 0.3 is 0 Å². The summed E-state index contributed by atoms with van der Waals surface area (Å²) in [5.41, 5.74) is 0.384. The Morgan fingerprint density at radius 2 is 1.68 bits per heavy atom. The van der Waals surface area contributed by atoms with Crippen LogP contribution in [-0.2, 0) is 0 Å². The lowest BCUT2D eigenvalue weighted by atomic mass is 10.2. The summed E-state index contributed by atoms with van der Waals surface area (Å²) in [6.45, 7) is 5.30. The number of H-pyrrole nitrogens is 1. The van der Waals surface area contributed by atoms with E-state index in [-0.39, 0.29) is 23.2 Å². The van der Waals surface area contributed by atoms with Gasteiger partial charge in [-0.15, -0.1) is 0 Å². The number of nitrogens with zero attached hydrogens (tertiary/aromatic N) is 1. The summed E-state index contributed by atoms with van der Waals surface area (Å²) in [5, 5.41) is 5.51. The van der Waals surface area contributed by atoms with Crippen LogP contribution in [0.2, 0.25) is 0 Å². The monoisotopic (exact) mass is 266 g/mol. The fourth-order valence-electron chi connectivity index (χ4n) is 1.57. The van der Waals surface area contributed by atoms with Crippen LogP contribution in [0.3, 0.4) is 0 Å². The number of hydrogen-bond donors (Lipinski definition) is 3. The minimum atomic E-state index is -0.310. The normalized spacial score (nSPS) is 10.2. The van der Waals surface area contributed by atoms with Crippen molar-refractivity contribution in [3.05, 3.63) is 17.7 Å². The second-order valence-electron chi connectivity index (χ2n) is 4.35. The number of amides is 2. The molecule has 19 heavy (non-hydrogen) atoms. The summed E-state index contributed by atoms with van der Waals surface area (Å²) in [6, 6.07) is 0. The molecule has 6 nitrogen and oxygen atoms in total. The molecule has 1 aromatic heterocycles. The minimum absolute atomic E-state index is 0.158. The van der Waals surface area contributed by atoms with E-state index in [1.807, 2.05) is 6.92 Å². The third kappa shape index (κ3) is 4.73. The average molecular weight is 266 g/mol. The van der Waals surface area contributed by atoms with E-state index in [1.54, 1.807) is 0 Å². The highest BCUT2D eigenvalue weighted by molar-refractivity contribution is 6.04. The highest BCUT2D eigenvalue weighted by Gasteiger charge is 2.19. The van der Waals surface area contributed by atoms with E-state index in [2.05, 4.69) is 27.5 Å². The number of nitrogens with one attached hydrogen (secondary N) is 3. The van der Waals surface area contributed by atoms with Gasteiger partial charge in [0.15, 0.2) is 5.69 Å². The quantitative estimate of drug-likeness (QED) is 0.623. The van der Waals surface area contributed by atoms with Crippen LogP contribution < -0.4 is 10.6 Å². The van der Waals surface area contributed by atoms with Gasteiger partial charge in [0.25, 0.3) is 11.8 Å². The topological polar surface area (TPSA) is 86.9 Å². The maximum atomic E-state index is 11.9. The van der Waals surface area contributed by atoms with Crippen LogP contribution in [0.1, 0.15) is 60.5 Å². The van der Waals surface area contributed by atoms with Crippen LogP contribution in [0.25, 0.3) is 0 Å². The largest absolute Gasteiger partial charge is 0.351 e. The maximum absolute atomic E-state index is 11.9. The highest BCUT2D eigenvalue weighted by atomic mass is 16.2. The van der Waals surface area contributed by atoms with Crippen molar-refractivity contribution < 1.29 is 9.59 Å². The minimum Gasteiger partial charge on any atom is -0.351 e. The Bertz CT molecular complexity index is 378. The number of aromatic amines is 1. The van der Waals surface area contributed by atoms with Gasteiger partial charge in [0.1, 0.15) is 5.69 Å². The Morgan fingerprint density at radius 1 is 1.11 bits per heavy atom. The molecule has 2 amide bonds. The van der Waals surface area contributed by atoms with Crippen molar-refractivity contribution in [2.75, 3.05) is 13.1 Å². The zero-order valence-corrected chi connectivity index (χ0v) is 11.6. The molecule has 0 aliphatic carbocycles. The number of aromatic nitrogens is 2. The number of rotatable bonds is 8. The molecule has 6 heteroatoms. The van der Waals surface area contributed by atoms with E-state index in [0.717, 1.165) is 25.7 Å². The van der Waals surface area contributed by atoms with Crippen molar-refractivity contribution in [1.29, 1.82) is 0 Å². The predicted octanol–water partition coefficient (Wildman–Crippen LogP) is 1.47. The predicted molar refractivity (Wildman–Crippen MR) is 73.1 cm³/mol. The molecule has 0 aliphatic heterocycles. The average Bonchev–Trinajstić information content (AvgIpc) is 2.88. The second-order valence-corrected chi connectivity index (χ2v) is 4.35. The molecular formula is C13H22N4O2. The van der Waals surface area contributed by atoms with Crippen molar-refractivity contribution in [3.63, 3.8) is 0 Å². The van der Waals surface area contributed by atoms with Crippen LogP contribution in [-0.4, -0.2) is 34.9 Å². The molecule has 1 aromatic rings. The first-order chi connectivity index (χ1) is 9.20. The number of carbonyl (C=O) groups is 2. The summed E-state index contributed by atoms with van der Waals surface area (Å²) in [7, 11) is 0. The Kier molecular flexibility index (Phi) is 6.63. The summed E-state index contributed by atoms with van der Waals surface area (Å²) in [5.74, 6) is -0.595. The molecule has 0 unspecified atom stereocenters. The molecule has 0 saturated carbocycles. The molecule has 0 fully saturated rings. The molecule has 106 valence electrons. The van der Waals surface area contributed by atoms with Gasteiger partial charge in [-0.3, -0.25) is 9.59 Å². The van der Waals surface area contributed by atoms with Gasteiger partial charge in [0, 0.05) is 13.1 Å². The van der Waals surface area contributed by atoms with E-state index in [1.165, 1.54) is 6.33 Å². The first-order valence-corrected chi connectivity index (χ1v) is 6.80. The molecule has 0 aromatic carbocycles.